The summed E-state index contributed by atoms with van der Waals surface area (Å²) >= 11 is 9.39. The Morgan fingerprint density at radius 3 is 2.25 bits per heavy atom. The maximum absolute atomic E-state index is 13.8. The Bertz CT molecular complexity index is 1300. The highest BCUT2D eigenvalue weighted by Gasteiger charge is 2.33. The van der Waals surface area contributed by atoms with Crippen molar-refractivity contribution >= 4 is 55.1 Å². The number of nitrogens with zero attached hydrogens (tertiary/aromatic N) is 2. The molecule has 1 atom stereocenters. The van der Waals surface area contributed by atoms with Crippen molar-refractivity contribution in [2.45, 2.75) is 30.8 Å². The Labute approximate surface area is 225 Å². The van der Waals surface area contributed by atoms with Gasteiger partial charge >= 0.3 is 0 Å². The number of amides is 2. The van der Waals surface area contributed by atoms with Crippen molar-refractivity contribution in [2.24, 2.45) is 0 Å². The minimum atomic E-state index is -4.09. The largest absolute Gasteiger partial charge is 0.357 e. The molecule has 0 saturated heterocycles. The Hall–Kier alpha value is -2.88. The summed E-state index contributed by atoms with van der Waals surface area (Å²) in [7, 11) is -2.59. The SMILES string of the molecule is CC[C@@H](C(=O)NC)N(Cc1ccc(Cl)cc1)C(=O)CN(c1cccc(Br)c1)S(=O)(=O)c1ccccc1. The van der Waals surface area contributed by atoms with Crippen LogP contribution in [0, 0.1) is 0 Å². The Balaban J connectivity index is 2.04. The van der Waals surface area contributed by atoms with E-state index in [4.69, 9.17) is 11.6 Å². The lowest BCUT2D eigenvalue weighted by Crippen LogP contribution is -2.51. The number of hydrogen-bond donors (Lipinski definition) is 1. The Morgan fingerprint density at radius 2 is 1.67 bits per heavy atom. The van der Waals surface area contributed by atoms with Crippen LogP contribution in [0.2, 0.25) is 5.02 Å². The zero-order valence-electron chi connectivity index (χ0n) is 19.9. The summed E-state index contributed by atoms with van der Waals surface area (Å²) in [5, 5.41) is 3.15. The average molecular weight is 593 g/mol. The smallest absolute Gasteiger partial charge is 0.264 e. The van der Waals surface area contributed by atoms with E-state index in [1.54, 1.807) is 73.7 Å². The molecule has 0 aromatic heterocycles. The van der Waals surface area contributed by atoms with Gasteiger partial charge in [0, 0.05) is 23.1 Å². The standard InChI is InChI=1S/C26H27BrClN3O4S/c1-3-24(26(33)29-2)30(17-19-12-14-21(28)15-13-19)25(32)18-31(22-9-7-8-20(27)16-22)36(34,35)23-10-5-4-6-11-23/h4-16,24H,3,17-18H2,1-2H3,(H,29,33)/t24-/m0/s1. The van der Waals surface area contributed by atoms with E-state index in [2.05, 4.69) is 21.2 Å². The lowest BCUT2D eigenvalue weighted by atomic mass is 10.1. The lowest BCUT2D eigenvalue weighted by molar-refractivity contribution is -0.140. The number of sulfonamides is 1. The summed E-state index contributed by atoms with van der Waals surface area (Å²) < 4.78 is 29.1. The number of benzene rings is 3. The van der Waals surface area contributed by atoms with Crippen LogP contribution in [0.3, 0.4) is 0 Å². The summed E-state index contributed by atoms with van der Waals surface area (Å²) in [6.07, 6.45) is 0.349. The fraction of sp³-hybridized carbons (Fsp3) is 0.231. The summed E-state index contributed by atoms with van der Waals surface area (Å²) in [4.78, 5) is 27.9. The van der Waals surface area contributed by atoms with Gasteiger partial charge in [0.15, 0.2) is 0 Å². The van der Waals surface area contributed by atoms with Gasteiger partial charge in [0.1, 0.15) is 12.6 Å². The van der Waals surface area contributed by atoms with Crippen molar-refractivity contribution in [1.82, 2.24) is 10.2 Å². The predicted molar refractivity (Wildman–Crippen MR) is 145 cm³/mol. The second-order valence-electron chi connectivity index (χ2n) is 7.99. The molecule has 0 fully saturated rings. The second-order valence-corrected chi connectivity index (χ2v) is 11.2. The van der Waals surface area contributed by atoms with Gasteiger partial charge < -0.3 is 10.2 Å². The second kappa shape index (κ2) is 12.4. The molecule has 0 unspecified atom stereocenters. The number of anilines is 1. The van der Waals surface area contributed by atoms with E-state index in [1.807, 2.05) is 0 Å². The van der Waals surface area contributed by atoms with Crippen LogP contribution in [-0.4, -0.2) is 44.8 Å². The quantitative estimate of drug-likeness (QED) is 0.365. The number of nitrogens with one attached hydrogen (secondary N) is 1. The van der Waals surface area contributed by atoms with Crippen molar-refractivity contribution in [2.75, 3.05) is 17.9 Å². The molecule has 1 N–H and O–H groups in total. The number of halogens is 2. The molecule has 7 nitrogen and oxygen atoms in total. The molecule has 3 rings (SSSR count). The number of carbonyl (C=O) groups is 2. The third kappa shape index (κ3) is 6.66. The van der Waals surface area contributed by atoms with Crippen LogP contribution in [0.25, 0.3) is 0 Å². The lowest BCUT2D eigenvalue weighted by Gasteiger charge is -2.33. The first-order valence-electron chi connectivity index (χ1n) is 11.3. The topological polar surface area (TPSA) is 86.8 Å². The van der Waals surface area contributed by atoms with Crippen molar-refractivity contribution in [3.05, 3.63) is 93.9 Å². The minimum absolute atomic E-state index is 0.0559. The van der Waals surface area contributed by atoms with Crippen LogP contribution >= 0.6 is 27.5 Å². The molecule has 36 heavy (non-hydrogen) atoms. The first-order valence-corrected chi connectivity index (χ1v) is 13.9. The first kappa shape index (κ1) is 27.7. The van der Waals surface area contributed by atoms with E-state index in [-0.39, 0.29) is 17.3 Å². The minimum Gasteiger partial charge on any atom is -0.357 e. The molecule has 0 aliphatic carbocycles. The van der Waals surface area contributed by atoms with Crippen molar-refractivity contribution in [3.8, 4) is 0 Å². The van der Waals surface area contributed by atoms with Gasteiger partial charge in [0.25, 0.3) is 10.0 Å². The van der Waals surface area contributed by atoms with E-state index in [9.17, 15) is 18.0 Å². The van der Waals surface area contributed by atoms with Crippen LogP contribution in [0.5, 0.6) is 0 Å². The van der Waals surface area contributed by atoms with E-state index in [1.165, 1.54) is 24.1 Å². The molecule has 0 saturated carbocycles. The highest BCUT2D eigenvalue weighted by atomic mass is 79.9. The highest BCUT2D eigenvalue weighted by Crippen LogP contribution is 2.27. The molecule has 10 heteroatoms. The zero-order chi connectivity index (χ0) is 26.3. The summed E-state index contributed by atoms with van der Waals surface area (Å²) in [5.41, 5.74) is 1.08. The molecule has 0 aliphatic heterocycles. The van der Waals surface area contributed by atoms with Crippen molar-refractivity contribution in [3.63, 3.8) is 0 Å². The van der Waals surface area contributed by atoms with Crippen LogP contribution in [0.4, 0.5) is 5.69 Å². The number of likely N-dealkylation sites (N-methyl/N-ethyl adjacent to an activating group) is 1. The number of rotatable bonds is 10. The van der Waals surface area contributed by atoms with Gasteiger partial charge in [0.2, 0.25) is 11.8 Å². The van der Waals surface area contributed by atoms with Gasteiger partial charge in [-0.25, -0.2) is 8.42 Å². The highest BCUT2D eigenvalue weighted by molar-refractivity contribution is 9.10. The number of carbonyl (C=O) groups excluding carboxylic acids is 2. The van der Waals surface area contributed by atoms with Gasteiger partial charge in [-0.1, -0.05) is 70.9 Å². The van der Waals surface area contributed by atoms with E-state index in [0.717, 1.165) is 9.87 Å². The van der Waals surface area contributed by atoms with Crippen LogP contribution in [-0.2, 0) is 26.2 Å². The van der Waals surface area contributed by atoms with E-state index >= 15 is 0 Å². The van der Waals surface area contributed by atoms with Crippen LogP contribution < -0.4 is 9.62 Å². The molecule has 3 aromatic carbocycles. The van der Waals surface area contributed by atoms with Gasteiger partial charge in [-0.05, 0) is 54.4 Å². The fourth-order valence-electron chi connectivity index (χ4n) is 3.75. The van der Waals surface area contributed by atoms with Crippen molar-refractivity contribution in [1.29, 1.82) is 0 Å². The third-order valence-electron chi connectivity index (χ3n) is 5.60. The van der Waals surface area contributed by atoms with Crippen LogP contribution in [0.1, 0.15) is 18.9 Å². The molecular formula is C26H27BrClN3O4S. The monoisotopic (exact) mass is 591 g/mol. The normalized spacial score (nSPS) is 12.0. The number of hydrogen-bond acceptors (Lipinski definition) is 4. The van der Waals surface area contributed by atoms with Gasteiger partial charge in [-0.15, -0.1) is 0 Å². The summed E-state index contributed by atoms with van der Waals surface area (Å²) in [6, 6.07) is 20.8. The molecule has 0 aliphatic rings. The van der Waals surface area contributed by atoms with Crippen LogP contribution in [0.15, 0.2) is 88.2 Å². The summed E-state index contributed by atoms with van der Waals surface area (Å²) in [5.74, 6) is -0.848. The Kier molecular flexibility index (Phi) is 9.53. The molecule has 3 aromatic rings. The maximum atomic E-state index is 13.8. The molecule has 0 spiro atoms. The molecule has 190 valence electrons. The maximum Gasteiger partial charge on any atom is 0.264 e. The molecule has 0 bridgehead atoms. The Morgan fingerprint density at radius 1 is 1.00 bits per heavy atom. The van der Waals surface area contributed by atoms with Gasteiger partial charge in [-0.2, -0.15) is 0 Å². The average Bonchev–Trinajstić information content (AvgIpc) is 2.88. The van der Waals surface area contributed by atoms with E-state index < -0.39 is 28.5 Å². The summed E-state index contributed by atoms with van der Waals surface area (Å²) in [6.45, 7) is 1.42. The van der Waals surface area contributed by atoms with Crippen molar-refractivity contribution < 1.29 is 18.0 Å². The molecule has 0 heterocycles. The van der Waals surface area contributed by atoms with E-state index in [0.29, 0.717) is 21.6 Å². The third-order valence-corrected chi connectivity index (χ3v) is 8.14. The molecular weight excluding hydrogens is 566 g/mol. The van der Waals surface area contributed by atoms with Gasteiger partial charge in [-0.3, -0.25) is 13.9 Å². The predicted octanol–water partition coefficient (Wildman–Crippen LogP) is 4.85. The molecule has 0 radical (unpaired) electrons. The molecule has 2 amide bonds. The fourth-order valence-corrected chi connectivity index (χ4v) is 5.69. The first-order chi connectivity index (χ1) is 17.2. The van der Waals surface area contributed by atoms with Gasteiger partial charge in [0.05, 0.1) is 10.6 Å². The zero-order valence-corrected chi connectivity index (χ0v) is 23.1.